The van der Waals surface area contributed by atoms with Gasteiger partial charge in [0.25, 0.3) is 5.91 Å². The van der Waals surface area contributed by atoms with Crippen molar-refractivity contribution in [2.75, 3.05) is 32.8 Å². The minimum absolute atomic E-state index is 0.0568. The molecule has 19 heavy (non-hydrogen) atoms. The van der Waals surface area contributed by atoms with E-state index in [1.165, 1.54) is 11.3 Å². The number of rotatable bonds is 2. The van der Waals surface area contributed by atoms with Crippen LogP contribution < -0.4 is 0 Å². The zero-order valence-electron chi connectivity index (χ0n) is 11.1. The average molecular weight is 281 g/mol. The molecule has 2 saturated heterocycles. The third-order valence-corrected chi connectivity index (χ3v) is 4.63. The van der Waals surface area contributed by atoms with Gasteiger partial charge in [-0.2, -0.15) is 0 Å². The highest BCUT2D eigenvalue weighted by atomic mass is 32.1. The van der Waals surface area contributed by atoms with Crippen LogP contribution in [0.2, 0.25) is 0 Å². The molecule has 0 aromatic carbocycles. The van der Waals surface area contributed by atoms with Crippen LogP contribution in [0.25, 0.3) is 0 Å². The summed E-state index contributed by atoms with van der Waals surface area (Å²) in [6.07, 6.45) is 1.21. The fraction of sp³-hybridized carbons (Fsp3) is 0.692. The molecule has 2 atom stereocenters. The summed E-state index contributed by atoms with van der Waals surface area (Å²) < 4.78 is 5.84. The Balaban J connectivity index is 1.71. The Morgan fingerprint density at radius 3 is 3.21 bits per heavy atom. The van der Waals surface area contributed by atoms with Gasteiger partial charge in [0.2, 0.25) is 0 Å². The van der Waals surface area contributed by atoms with Gasteiger partial charge in [0.1, 0.15) is 5.69 Å². The quantitative estimate of drug-likeness (QED) is 0.814. The number of fused-ring (bicyclic) bond motifs is 1. The lowest BCUT2D eigenvalue weighted by atomic mass is 9.98. The van der Waals surface area contributed by atoms with E-state index in [-0.39, 0.29) is 12.0 Å². The van der Waals surface area contributed by atoms with Crippen LogP contribution in [0, 0.1) is 0 Å². The first-order valence-electron chi connectivity index (χ1n) is 6.82. The van der Waals surface area contributed by atoms with Crippen molar-refractivity contribution in [3.8, 4) is 0 Å². The summed E-state index contributed by atoms with van der Waals surface area (Å²) in [4.78, 5) is 20.8. The number of morpholine rings is 1. The van der Waals surface area contributed by atoms with E-state index in [1.54, 1.807) is 5.51 Å². The van der Waals surface area contributed by atoms with Crippen molar-refractivity contribution in [2.24, 2.45) is 0 Å². The smallest absolute Gasteiger partial charge is 0.273 e. The third kappa shape index (κ3) is 2.52. The third-order valence-electron chi connectivity index (χ3n) is 4.04. The van der Waals surface area contributed by atoms with E-state index in [4.69, 9.17) is 4.74 Å². The fourth-order valence-electron chi connectivity index (χ4n) is 3.00. The van der Waals surface area contributed by atoms with Crippen LogP contribution in [0.3, 0.4) is 0 Å². The molecule has 5 nitrogen and oxygen atoms in total. The molecular weight excluding hydrogens is 262 g/mol. The molecule has 1 aromatic heterocycles. The molecule has 0 aliphatic carbocycles. The predicted octanol–water partition coefficient (Wildman–Crippen LogP) is 1.08. The van der Waals surface area contributed by atoms with Gasteiger partial charge in [0, 0.05) is 25.0 Å². The minimum Gasteiger partial charge on any atom is -0.375 e. The Morgan fingerprint density at radius 1 is 1.58 bits per heavy atom. The van der Waals surface area contributed by atoms with Crippen LogP contribution in [0.4, 0.5) is 0 Å². The van der Waals surface area contributed by atoms with Crippen LogP contribution in [0.1, 0.15) is 23.8 Å². The molecular formula is C13H19N3O2S. The molecule has 0 saturated carbocycles. The van der Waals surface area contributed by atoms with E-state index in [1.807, 2.05) is 10.3 Å². The van der Waals surface area contributed by atoms with Gasteiger partial charge in [0.15, 0.2) is 0 Å². The standard InChI is InChI=1S/C13H19N3O2S/c1-2-15-5-6-18-12-3-4-16(7-11(12)15)13(17)10-8-19-9-14-10/h8-9,11-12H,2-7H2,1H3/t11-,12-/m0/s1. The van der Waals surface area contributed by atoms with E-state index < -0.39 is 0 Å². The summed E-state index contributed by atoms with van der Waals surface area (Å²) in [6.45, 7) is 6.50. The molecule has 0 spiro atoms. The van der Waals surface area contributed by atoms with Crippen molar-refractivity contribution in [3.05, 3.63) is 16.6 Å². The molecule has 2 aliphatic heterocycles. The highest BCUT2D eigenvalue weighted by Gasteiger charge is 2.38. The first-order valence-corrected chi connectivity index (χ1v) is 7.77. The molecule has 0 radical (unpaired) electrons. The maximum absolute atomic E-state index is 12.3. The number of carbonyl (C=O) groups excluding carboxylic acids is 1. The number of amides is 1. The molecule has 0 unspecified atom stereocenters. The van der Waals surface area contributed by atoms with Crippen LogP contribution >= 0.6 is 11.3 Å². The number of likely N-dealkylation sites (tertiary alicyclic amines) is 1. The molecule has 104 valence electrons. The molecule has 0 N–H and O–H groups in total. The lowest BCUT2D eigenvalue weighted by Crippen LogP contribution is -2.60. The van der Waals surface area contributed by atoms with Crippen molar-refractivity contribution >= 4 is 17.2 Å². The molecule has 2 fully saturated rings. The molecule has 0 bridgehead atoms. The minimum atomic E-state index is 0.0568. The van der Waals surface area contributed by atoms with E-state index >= 15 is 0 Å². The van der Waals surface area contributed by atoms with Crippen molar-refractivity contribution in [1.29, 1.82) is 0 Å². The summed E-state index contributed by atoms with van der Waals surface area (Å²) in [7, 11) is 0. The summed E-state index contributed by atoms with van der Waals surface area (Å²) in [6, 6.07) is 0.343. The van der Waals surface area contributed by atoms with E-state index in [0.717, 1.165) is 39.2 Å². The molecule has 3 rings (SSSR count). The monoisotopic (exact) mass is 281 g/mol. The van der Waals surface area contributed by atoms with Gasteiger partial charge in [-0.25, -0.2) is 4.98 Å². The zero-order valence-corrected chi connectivity index (χ0v) is 11.9. The van der Waals surface area contributed by atoms with Gasteiger partial charge in [-0.1, -0.05) is 6.92 Å². The number of hydrogen-bond donors (Lipinski definition) is 0. The van der Waals surface area contributed by atoms with Crippen LogP contribution in [-0.2, 0) is 4.74 Å². The van der Waals surface area contributed by atoms with Gasteiger partial charge in [-0.05, 0) is 13.0 Å². The Bertz CT molecular complexity index is 431. The Hall–Kier alpha value is -0.980. The number of carbonyl (C=O) groups is 1. The average Bonchev–Trinajstić information content (AvgIpc) is 2.99. The van der Waals surface area contributed by atoms with Crippen LogP contribution in [-0.4, -0.2) is 65.6 Å². The summed E-state index contributed by atoms with van der Waals surface area (Å²) in [5, 5.41) is 1.82. The predicted molar refractivity (Wildman–Crippen MR) is 73.4 cm³/mol. The molecule has 1 aromatic rings. The Morgan fingerprint density at radius 2 is 2.47 bits per heavy atom. The number of thiazole rings is 1. The zero-order chi connectivity index (χ0) is 13.2. The summed E-state index contributed by atoms with van der Waals surface area (Å²) >= 11 is 1.47. The Kier molecular flexibility index (Phi) is 3.81. The van der Waals surface area contributed by atoms with Crippen LogP contribution in [0.5, 0.6) is 0 Å². The number of ether oxygens (including phenoxy) is 1. The summed E-state index contributed by atoms with van der Waals surface area (Å²) in [5.74, 6) is 0.0568. The molecule has 3 heterocycles. The second kappa shape index (κ2) is 5.56. The second-order valence-corrected chi connectivity index (χ2v) is 5.74. The van der Waals surface area contributed by atoms with Crippen molar-refractivity contribution in [2.45, 2.75) is 25.5 Å². The lowest BCUT2D eigenvalue weighted by Gasteiger charge is -2.46. The number of piperidine rings is 1. The van der Waals surface area contributed by atoms with E-state index in [2.05, 4.69) is 16.8 Å². The van der Waals surface area contributed by atoms with Gasteiger partial charge in [-0.3, -0.25) is 9.69 Å². The normalized spacial score (nSPS) is 28.2. The largest absolute Gasteiger partial charge is 0.375 e. The van der Waals surface area contributed by atoms with Gasteiger partial charge in [-0.15, -0.1) is 11.3 Å². The number of nitrogens with zero attached hydrogens (tertiary/aromatic N) is 3. The van der Waals surface area contributed by atoms with Crippen molar-refractivity contribution in [3.63, 3.8) is 0 Å². The Labute approximate surface area is 117 Å². The maximum atomic E-state index is 12.3. The van der Waals surface area contributed by atoms with Gasteiger partial charge >= 0.3 is 0 Å². The highest BCUT2D eigenvalue weighted by Crippen LogP contribution is 2.23. The van der Waals surface area contributed by atoms with Gasteiger partial charge in [0.05, 0.1) is 24.3 Å². The number of likely N-dealkylation sites (N-methyl/N-ethyl adjacent to an activating group) is 1. The fourth-order valence-corrected chi connectivity index (χ4v) is 3.53. The van der Waals surface area contributed by atoms with Gasteiger partial charge < -0.3 is 9.64 Å². The SMILES string of the molecule is CCN1CCO[C@H]2CCN(C(=O)c3cscn3)C[C@@H]21. The maximum Gasteiger partial charge on any atom is 0.273 e. The summed E-state index contributed by atoms with van der Waals surface area (Å²) in [5.41, 5.74) is 2.28. The molecule has 1 amide bonds. The van der Waals surface area contributed by atoms with E-state index in [9.17, 15) is 4.79 Å². The van der Waals surface area contributed by atoms with Crippen molar-refractivity contribution < 1.29 is 9.53 Å². The first-order chi connectivity index (χ1) is 9.29. The van der Waals surface area contributed by atoms with Crippen molar-refractivity contribution in [1.82, 2.24) is 14.8 Å². The highest BCUT2D eigenvalue weighted by molar-refractivity contribution is 7.07. The van der Waals surface area contributed by atoms with E-state index in [0.29, 0.717) is 11.7 Å². The second-order valence-electron chi connectivity index (χ2n) is 5.02. The number of hydrogen-bond acceptors (Lipinski definition) is 5. The molecule has 6 heteroatoms. The first kappa shape index (κ1) is 13.0. The molecule has 2 aliphatic rings. The lowest BCUT2D eigenvalue weighted by molar-refractivity contribution is -0.0962. The van der Waals surface area contributed by atoms with Crippen LogP contribution in [0.15, 0.2) is 10.9 Å². The number of aromatic nitrogens is 1. The topological polar surface area (TPSA) is 45.7 Å².